The van der Waals surface area contributed by atoms with Gasteiger partial charge in [0.1, 0.15) is 0 Å². The number of benzene rings is 2. The van der Waals surface area contributed by atoms with Crippen molar-refractivity contribution in [1.29, 1.82) is 0 Å². The number of halogens is 2. The molecule has 0 aliphatic carbocycles. The molecule has 0 saturated heterocycles. The van der Waals surface area contributed by atoms with Gasteiger partial charge >= 0.3 is 0 Å². The van der Waals surface area contributed by atoms with Gasteiger partial charge < -0.3 is 4.43 Å². The number of rotatable bonds is 7. The van der Waals surface area contributed by atoms with Crippen molar-refractivity contribution in [3.63, 3.8) is 0 Å². The second-order valence-corrected chi connectivity index (χ2v) is 10.4. The van der Waals surface area contributed by atoms with Crippen LogP contribution in [0, 0.1) is 0 Å². The number of alkyl halides is 2. The molecule has 0 aliphatic heterocycles. The van der Waals surface area contributed by atoms with Crippen molar-refractivity contribution in [2.24, 2.45) is 0 Å². The first kappa shape index (κ1) is 19.9. The summed E-state index contributed by atoms with van der Waals surface area (Å²) in [7, 11) is -1.27. The standard InChI is InChI=1S/C20H25Br2OSi/c1-20(2,3)16-8-7-11-19(14-16)24(18-9-5-4-6-10-18)23-17(15-22)12-13-21/h4-11,14,17H,12-13,15H2,1-3H3. The minimum atomic E-state index is -1.27. The highest BCUT2D eigenvalue weighted by molar-refractivity contribution is 9.09. The fourth-order valence-corrected chi connectivity index (χ4v) is 5.86. The zero-order chi connectivity index (χ0) is 17.6. The summed E-state index contributed by atoms with van der Waals surface area (Å²) in [4.78, 5) is 0. The lowest BCUT2D eigenvalue weighted by molar-refractivity contribution is 0.234. The van der Waals surface area contributed by atoms with E-state index in [4.69, 9.17) is 4.43 Å². The molecule has 0 N–H and O–H groups in total. The van der Waals surface area contributed by atoms with Crippen LogP contribution in [0.2, 0.25) is 0 Å². The van der Waals surface area contributed by atoms with E-state index in [2.05, 4.69) is 107 Å². The van der Waals surface area contributed by atoms with E-state index in [1.54, 1.807) is 0 Å². The van der Waals surface area contributed by atoms with E-state index < -0.39 is 9.04 Å². The maximum Gasteiger partial charge on any atom is 0.283 e. The second kappa shape index (κ2) is 9.32. The largest absolute Gasteiger partial charge is 0.403 e. The molecule has 0 heterocycles. The predicted molar refractivity (Wildman–Crippen MR) is 114 cm³/mol. The average Bonchev–Trinajstić information content (AvgIpc) is 2.58. The monoisotopic (exact) mass is 467 g/mol. The summed E-state index contributed by atoms with van der Waals surface area (Å²) in [5.41, 5.74) is 1.50. The maximum atomic E-state index is 6.60. The first-order valence-electron chi connectivity index (χ1n) is 8.27. The second-order valence-electron chi connectivity index (χ2n) is 6.90. The molecular formula is C20H25Br2OSi. The lowest BCUT2D eigenvalue weighted by Crippen LogP contribution is -2.48. The van der Waals surface area contributed by atoms with E-state index in [1.165, 1.54) is 15.9 Å². The van der Waals surface area contributed by atoms with Crippen LogP contribution in [0.15, 0.2) is 54.6 Å². The molecule has 0 aromatic heterocycles. The third kappa shape index (κ3) is 5.55. The summed E-state index contributed by atoms with van der Waals surface area (Å²) in [6, 6.07) is 19.6. The Hall–Kier alpha value is -0.423. The molecule has 1 atom stereocenters. The molecule has 0 amide bonds. The van der Waals surface area contributed by atoms with Crippen LogP contribution in [0.3, 0.4) is 0 Å². The average molecular weight is 469 g/mol. The Kier molecular flexibility index (Phi) is 7.73. The van der Waals surface area contributed by atoms with Crippen LogP contribution < -0.4 is 10.4 Å². The minimum absolute atomic E-state index is 0.143. The Morgan fingerprint density at radius 3 is 2.21 bits per heavy atom. The van der Waals surface area contributed by atoms with E-state index >= 15 is 0 Å². The van der Waals surface area contributed by atoms with Crippen molar-refractivity contribution >= 4 is 51.3 Å². The molecule has 1 nitrogen and oxygen atoms in total. The van der Waals surface area contributed by atoms with Crippen LogP contribution in [0.25, 0.3) is 0 Å². The molecule has 0 fully saturated rings. The number of hydrogen-bond acceptors (Lipinski definition) is 1. The summed E-state index contributed by atoms with van der Waals surface area (Å²) >= 11 is 7.15. The molecule has 2 rings (SSSR count). The van der Waals surface area contributed by atoms with Crippen molar-refractivity contribution in [2.75, 3.05) is 10.7 Å². The van der Waals surface area contributed by atoms with Gasteiger partial charge in [-0.15, -0.1) is 0 Å². The van der Waals surface area contributed by atoms with Crippen molar-refractivity contribution < 1.29 is 4.43 Å². The number of hydrogen-bond donors (Lipinski definition) is 0. The third-order valence-corrected chi connectivity index (χ3v) is 7.36. The molecule has 129 valence electrons. The molecule has 24 heavy (non-hydrogen) atoms. The zero-order valence-corrected chi connectivity index (χ0v) is 18.7. The molecule has 1 radical (unpaired) electrons. The molecule has 1 unspecified atom stereocenters. The Morgan fingerprint density at radius 1 is 0.958 bits per heavy atom. The minimum Gasteiger partial charge on any atom is -0.403 e. The van der Waals surface area contributed by atoms with Gasteiger partial charge in [0.15, 0.2) is 0 Å². The Balaban J connectivity index is 2.39. The zero-order valence-electron chi connectivity index (χ0n) is 14.6. The first-order valence-corrected chi connectivity index (χ1v) is 11.9. The van der Waals surface area contributed by atoms with Gasteiger partial charge in [-0.05, 0) is 27.8 Å². The van der Waals surface area contributed by atoms with Gasteiger partial charge in [-0.1, -0.05) is 107 Å². The van der Waals surface area contributed by atoms with Gasteiger partial charge in [0, 0.05) is 10.7 Å². The van der Waals surface area contributed by atoms with Crippen LogP contribution in [0.1, 0.15) is 32.8 Å². The van der Waals surface area contributed by atoms with Gasteiger partial charge in [-0.3, -0.25) is 0 Å². The fourth-order valence-electron chi connectivity index (χ4n) is 2.48. The molecule has 0 bridgehead atoms. The van der Waals surface area contributed by atoms with E-state index in [9.17, 15) is 0 Å². The van der Waals surface area contributed by atoms with E-state index in [0.717, 1.165) is 17.1 Å². The predicted octanol–water partition coefficient (Wildman–Crippen LogP) is 4.65. The third-order valence-electron chi connectivity index (χ3n) is 3.91. The quantitative estimate of drug-likeness (QED) is 0.424. The van der Waals surface area contributed by atoms with Gasteiger partial charge in [-0.2, -0.15) is 0 Å². The van der Waals surface area contributed by atoms with Crippen LogP contribution in [-0.2, 0) is 9.84 Å². The highest BCUT2D eigenvalue weighted by Gasteiger charge is 2.24. The summed E-state index contributed by atoms with van der Waals surface area (Å²) in [5, 5.41) is 4.43. The molecule has 2 aromatic rings. The highest BCUT2D eigenvalue weighted by atomic mass is 79.9. The van der Waals surface area contributed by atoms with E-state index in [-0.39, 0.29) is 11.5 Å². The van der Waals surface area contributed by atoms with Crippen LogP contribution in [0.4, 0.5) is 0 Å². The topological polar surface area (TPSA) is 9.23 Å². The smallest absolute Gasteiger partial charge is 0.283 e. The molecule has 0 spiro atoms. The highest BCUT2D eigenvalue weighted by Crippen LogP contribution is 2.21. The molecule has 2 aromatic carbocycles. The Morgan fingerprint density at radius 2 is 1.62 bits per heavy atom. The van der Waals surface area contributed by atoms with Crippen LogP contribution in [-0.4, -0.2) is 25.8 Å². The Labute approximate surface area is 164 Å². The van der Waals surface area contributed by atoms with Gasteiger partial charge in [0.25, 0.3) is 9.04 Å². The summed E-state index contributed by atoms with van der Waals surface area (Å²) in [6.45, 7) is 6.77. The van der Waals surface area contributed by atoms with Crippen molar-refractivity contribution in [2.45, 2.75) is 38.7 Å². The lowest BCUT2D eigenvalue weighted by atomic mass is 9.87. The van der Waals surface area contributed by atoms with Crippen LogP contribution >= 0.6 is 31.9 Å². The fraction of sp³-hybridized carbons (Fsp3) is 0.400. The molecule has 4 heteroatoms. The summed E-state index contributed by atoms with van der Waals surface area (Å²) < 4.78 is 6.60. The van der Waals surface area contributed by atoms with Gasteiger partial charge in [0.05, 0.1) is 6.10 Å². The molecular weight excluding hydrogens is 444 g/mol. The van der Waals surface area contributed by atoms with Crippen molar-refractivity contribution in [3.05, 3.63) is 60.2 Å². The maximum absolute atomic E-state index is 6.60. The van der Waals surface area contributed by atoms with E-state index in [0.29, 0.717) is 0 Å². The SMILES string of the molecule is CC(C)(C)c1cccc([Si](OC(CBr)CCBr)c2ccccc2)c1. The van der Waals surface area contributed by atoms with Crippen LogP contribution in [0.5, 0.6) is 0 Å². The summed E-state index contributed by atoms with van der Waals surface area (Å²) in [6.07, 6.45) is 1.22. The Bertz CT molecular complexity index is 625. The van der Waals surface area contributed by atoms with Gasteiger partial charge in [0.2, 0.25) is 0 Å². The lowest BCUT2D eigenvalue weighted by Gasteiger charge is -2.25. The van der Waals surface area contributed by atoms with Crippen molar-refractivity contribution in [3.8, 4) is 0 Å². The molecule has 0 saturated carbocycles. The van der Waals surface area contributed by atoms with Gasteiger partial charge in [-0.25, -0.2) is 0 Å². The van der Waals surface area contributed by atoms with E-state index in [1.807, 2.05) is 0 Å². The molecule has 0 aliphatic rings. The first-order chi connectivity index (χ1) is 11.5. The normalized spacial score (nSPS) is 13.2. The van der Waals surface area contributed by atoms with Crippen molar-refractivity contribution in [1.82, 2.24) is 0 Å². The summed E-state index contributed by atoms with van der Waals surface area (Å²) in [5.74, 6) is 0.